The van der Waals surface area contributed by atoms with E-state index in [9.17, 15) is 0 Å². The molecule has 1 aliphatic heterocycles. The summed E-state index contributed by atoms with van der Waals surface area (Å²) in [6, 6.07) is 6.71. The molecular weight excluding hydrogens is 302 g/mol. The second-order valence-electron chi connectivity index (χ2n) is 6.89. The molecule has 1 aromatic carbocycles. The average Bonchev–Trinajstić information content (AvgIpc) is 2.80. The molecule has 0 amide bonds. The van der Waals surface area contributed by atoms with E-state index in [0.717, 1.165) is 23.7 Å². The van der Waals surface area contributed by atoms with Gasteiger partial charge in [0.2, 0.25) is 0 Å². The quantitative estimate of drug-likeness (QED) is 0.915. The van der Waals surface area contributed by atoms with Gasteiger partial charge in [0.1, 0.15) is 25.8 Å². The van der Waals surface area contributed by atoms with Crippen molar-refractivity contribution in [2.45, 2.75) is 40.3 Å². The predicted molar refractivity (Wildman–Crippen MR) is 93.3 cm³/mol. The smallest absolute Gasteiger partial charge is 0.161 e. The maximum atomic E-state index is 5.75. The first kappa shape index (κ1) is 16.8. The summed E-state index contributed by atoms with van der Waals surface area (Å²) in [5, 5.41) is 6.93. The zero-order valence-electron chi connectivity index (χ0n) is 15.3. The van der Waals surface area contributed by atoms with Gasteiger partial charge in [-0.15, -0.1) is 0 Å². The SMILES string of the molecule is Cc1nn(C)c(C)c1C[NH2+][C@@H](c1ccc2c(c1)OCCO2)C(C)C. The maximum Gasteiger partial charge on any atom is 0.161 e. The van der Waals surface area contributed by atoms with E-state index in [1.54, 1.807) is 0 Å². The lowest BCUT2D eigenvalue weighted by Gasteiger charge is -2.23. The summed E-state index contributed by atoms with van der Waals surface area (Å²) >= 11 is 0. The standard InChI is InChI=1S/C19H27N3O2/c1-12(2)19(20-11-16-13(3)21-22(5)14(16)4)15-6-7-17-18(10-15)24-9-8-23-17/h6-7,10,12,19-20H,8-9,11H2,1-5H3/p+1/t19-/m1/s1. The number of aryl methyl sites for hydroxylation is 2. The first-order valence-corrected chi connectivity index (χ1v) is 8.69. The van der Waals surface area contributed by atoms with Gasteiger partial charge in [-0.3, -0.25) is 4.68 Å². The van der Waals surface area contributed by atoms with Crippen LogP contribution in [0.5, 0.6) is 11.5 Å². The summed E-state index contributed by atoms with van der Waals surface area (Å²) < 4.78 is 13.3. The van der Waals surface area contributed by atoms with Crippen molar-refractivity contribution in [3.05, 3.63) is 40.7 Å². The van der Waals surface area contributed by atoms with Crippen molar-refractivity contribution in [1.82, 2.24) is 9.78 Å². The lowest BCUT2D eigenvalue weighted by atomic mass is 9.95. The highest BCUT2D eigenvalue weighted by molar-refractivity contribution is 5.44. The minimum absolute atomic E-state index is 0.375. The first-order chi connectivity index (χ1) is 11.5. The molecule has 2 aromatic rings. The fraction of sp³-hybridized carbons (Fsp3) is 0.526. The molecule has 2 N–H and O–H groups in total. The van der Waals surface area contributed by atoms with E-state index in [-0.39, 0.29) is 0 Å². The van der Waals surface area contributed by atoms with Gasteiger partial charge in [0, 0.05) is 29.8 Å². The van der Waals surface area contributed by atoms with Crippen molar-refractivity contribution < 1.29 is 14.8 Å². The number of nitrogens with zero attached hydrogens (tertiary/aromatic N) is 2. The number of fused-ring (bicyclic) bond motifs is 1. The van der Waals surface area contributed by atoms with Crippen LogP contribution < -0.4 is 14.8 Å². The third kappa shape index (κ3) is 3.26. The van der Waals surface area contributed by atoms with Crippen molar-refractivity contribution in [2.24, 2.45) is 13.0 Å². The van der Waals surface area contributed by atoms with E-state index in [2.05, 4.69) is 50.2 Å². The minimum Gasteiger partial charge on any atom is -0.486 e. The molecule has 1 atom stereocenters. The Balaban J connectivity index is 1.80. The number of rotatable bonds is 5. The highest BCUT2D eigenvalue weighted by Gasteiger charge is 2.23. The molecule has 0 aliphatic carbocycles. The number of nitrogens with two attached hydrogens (primary N) is 1. The fourth-order valence-corrected chi connectivity index (χ4v) is 3.42. The van der Waals surface area contributed by atoms with Crippen LogP contribution >= 0.6 is 0 Å². The Morgan fingerprint density at radius 2 is 1.88 bits per heavy atom. The lowest BCUT2D eigenvalue weighted by Crippen LogP contribution is -2.84. The highest BCUT2D eigenvalue weighted by Crippen LogP contribution is 2.33. The third-order valence-corrected chi connectivity index (χ3v) is 4.90. The summed E-state index contributed by atoms with van der Waals surface area (Å²) in [6.45, 7) is 10.9. The number of hydrogen-bond donors (Lipinski definition) is 1. The maximum absolute atomic E-state index is 5.75. The van der Waals surface area contributed by atoms with Crippen LogP contribution in [0.2, 0.25) is 0 Å². The van der Waals surface area contributed by atoms with Crippen molar-refractivity contribution in [1.29, 1.82) is 0 Å². The van der Waals surface area contributed by atoms with Crippen LogP contribution in [0.25, 0.3) is 0 Å². The van der Waals surface area contributed by atoms with Gasteiger partial charge in [-0.1, -0.05) is 13.8 Å². The molecular formula is C19H28N3O2+. The Morgan fingerprint density at radius 3 is 2.50 bits per heavy atom. The molecule has 24 heavy (non-hydrogen) atoms. The number of aromatic nitrogens is 2. The van der Waals surface area contributed by atoms with E-state index < -0.39 is 0 Å². The second-order valence-corrected chi connectivity index (χ2v) is 6.89. The summed E-state index contributed by atoms with van der Waals surface area (Å²) in [5.74, 6) is 2.24. The molecule has 1 aliphatic rings. The van der Waals surface area contributed by atoms with Gasteiger partial charge in [-0.25, -0.2) is 0 Å². The largest absolute Gasteiger partial charge is 0.486 e. The topological polar surface area (TPSA) is 52.9 Å². The van der Waals surface area contributed by atoms with Crippen molar-refractivity contribution in [3.8, 4) is 11.5 Å². The highest BCUT2D eigenvalue weighted by atomic mass is 16.6. The number of benzene rings is 1. The summed E-state index contributed by atoms with van der Waals surface area (Å²) in [4.78, 5) is 0. The Bertz CT molecular complexity index is 722. The number of quaternary nitrogens is 1. The van der Waals surface area contributed by atoms with E-state index in [4.69, 9.17) is 9.47 Å². The number of hydrogen-bond acceptors (Lipinski definition) is 3. The molecule has 2 heterocycles. The van der Waals surface area contributed by atoms with Crippen LogP contribution in [0.1, 0.15) is 42.4 Å². The van der Waals surface area contributed by atoms with Crippen LogP contribution in [0, 0.1) is 19.8 Å². The Hall–Kier alpha value is -2.01. The lowest BCUT2D eigenvalue weighted by molar-refractivity contribution is -0.717. The van der Waals surface area contributed by atoms with E-state index in [1.807, 2.05) is 17.8 Å². The van der Waals surface area contributed by atoms with Crippen molar-refractivity contribution in [2.75, 3.05) is 13.2 Å². The van der Waals surface area contributed by atoms with Gasteiger partial charge in [0.15, 0.2) is 11.5 Å². The van der Waals surface area contributed by atoms with E-state index in [1.165, 1.54) is 16.8 Å². The molecule has 0 fully saturated rings. The molecule has 0 bridgehead atoms. The molecule has 130 valence electrons. The second kappa shape index (κ2) is 6.85. The van der Waals surface area contributed by atoms with Crippen molar-refractivity contribution in [3.63, 3.8) is 0 Å². The molecule has 0 radical (unpaired) electrons. The van der Waals surface area contributed by atoms with E-state index >= 15 is 0 Å². The molecule has 5 nitrogen and oxygen atoms in total. The molecule has 0 unspecified atom stereocenters. The summed E-state index contributed by atoms with van der Waals surface area (Å²) in [7, 11) is 2.01. The Labute approximate surface area is 144 Å². The van der Waals surface area contributed by atoms with Crippen LogP contribution in [-0.2, 0) is 13.6 Å². The van der Waals surface area contributed by atoms with Crippen molar-refractivity contribution >= 4 is 0 Å². The zero-order valence-corrected chi connectivity index (χ0v) is 15.3. The normalized spacial score (nSPS) is 14.9. The predicted octanol–water partition coefficient (Wildman–Crippen LogP) is 2.27. The fourth-order valence-electron chi connectivity index (χ4n) is 3.42. The molecule has 0 spiro atoms. The minimum atomic E-state index is 0.375. The molecule has 3 rings (SSSR count). The van der Waals surface area contributed by atoms with Gasteiger partial charge in [0.25, 0.3) is 0 Å². The number of ether oxygens (including phenoxy) is 2. The van der Waals surface area contributed by atoms with Crippen LogP contribution in [0.15, 0.2) is 18.2 Å². The Kier molecular flexibility index (Phi) is 4.81. The Morgan fingerprint density at radius 1 is 1.17 bits per heavy atom. The zero-order chi connectivity index (χ0) is 17.3. The molecule has 5 heteroatoms. The first-order valence-electron chi connectivity index (χ1n) is 8.69. The van der Waals surface area contributed by atoms with Crippen LogP contribution in [-0.4, -0.2) is 23.0 Å². The van der Waals surface area contributed by atoms with Gasteiger partial charge in [0.05, 0.1) is 5.69 Å². The molecule has 1 aromatic heterocycles. The van der Waals surface area contributed by atoms with Crippen LogP contribution in [0.3, 0.4) is 0 Å². The van der Waals surface area contributed by atoms with E-state index in [0.29, 0.717) is 25.2 Å². The van der Waals surface area contributed by atoms with Gasteiger partial charge < -0.3 is 14.8 Å². The van der Waals surface area contributed by atoms with Crippen LogP contribution in [0.4, 0.5) is 0 Å². The molecule has 0 saturated carbocycles. The monoisotopic (exact) mass is 330 g/mol. The van der Waals surface area contributed by atoms with Gasteiger partial charge >= 0.3 is 0 Å². The van der Waals surface area contributed by atoms with Gasteiger partial charge in [-0.2, -0.15) is 5.10 Å². The summed E-state index contributed by atoms with van der Waals surface area (Å²) in [5.41, 5.74) is 4.98. The van der Waals surface area contributed by atoms with Gasteiger partial charge in [-0.05, 0) is 32.0 Å². The third-order valence-electron chi connectivity index (χ3n) is 4.90. The summed E-state index contributed by atoms with van der Waals surface area (Å²) in [6.07, 6.45) is 0. The molecule has 0 saturated heterocycles. The average molecular weight is 330 g/mol.